The molecule has 0 spiro atoms. The zero-order valence-electron chi connectivity index (χ0n) is 16.3. The van der Waals surface area contributed by atoms with Gasteiger partial charge in [-0.3, -0.25) is 4.79 Å². The first-order valence-electron chi connectivity index (χ1n) is 9.02. The number of hydrogen-bond donors (Lipinski definition) is 4. The molecule has 0 bridgehead atoms. The number of anilines is 3. The Balaban J connectivity index is 1.74. The van der Waals surface area contributed by atoms with Crippen molar-refractivity contribution >= 4 is 46.3 Å². The zero-order valence-corrected chi connectivity index (χ0v) is 17.1. The van der Waals surface area contributed by atoms with Crippen LogP contribution in [-0.4, -0.2) is 29.2 Å². The highest BCUT2D eigenvalue weighted by molar-refractivity contribution is 7.80. The fourth-order valence-electron chi connectivity index (χ4n) is 2.70. The van der Waals surface area contributed by atoms with Gasteiger partial charge >= 0.3 is 5.97 Å². The molecule has 3 aromatic carbocycles. The van der Waals surface area contributed by atoms with Crippen LogP contribution in [0.1, 0.15) is 20.7 Å². The first-order chi connectivity index (χ1) is 14.9. The maximum atomic E-state index is 13.0. The van der Waals surface area contributed by atoms with Gasteiger partial charge in [-0.15, -0.1) is 0 Å². The Morgan fingerprint density at radius 3 is 2.32 bits per heavy atom. The van der Waals surface area contributed by atoms with Crippen molar-refractivity contribution in [2.24, 2.45) is 0 Å². The van der Waals surface area contributed by atoms with Gasteiger partial charge in [-0.25, -0.2) is 9.18 Å². The molecule has 3 rings (SSSR count). The summed E-state index contributed by atoms with van der Waals surface area (Å²) in [5, 5.41) is 17.8. The highest BCUT2D eigenvalue weighted by Crippen LogP contribution is 2.26. The number of thiocarbonyl (C=S) groups is 1. The molecule has 0 saturated heterocycles. The normalized spacial score (nSPS) is 10.1. The lowest BCUT2D eigenvalue weighted by molar-refractivity contribution is 0.0696. The van der Waals surface area contributed by atoms with E-state index < -0.39 is 17.7 Å². The molecule has 0 radical (unpaired) electrons. The summed E-state index contributed by atoms with van der Waals surface area (Å²) in [7, 11) is 1.48. The molecular weight excluding hydrogens is 421 g/mol. The van der Waals surface area contributed by atoms with Gasteiger partial charge in [0.1, 0.15) is 11.6 Å². The predicted octanol–water partition coefficient (Wildman–Crippen LogP) is 4.59. The summed E-state index contributed by atoms with van der Waals surface area (Å²) in [6, 6.07) is 16.3. The SMILES string of the molecule is COc1ccc(C(=O)Nc2ccc(F)cc2)cc1NC(=S)Nc1cccc(C(=O)O)c1. The van der Waals surface area contributed by atoms with E-state index in [1.54, 1.807) is 30.3 Å². The van der Waals surface area contributed by atoms with E-state index in [1.165, 1.54) is 43.5 Å². The number of hydrogen-bond acceptors (Lipinski definition) is 4. The third kappa shape index (κ3) is 5.77. The highest BCUT2D eigenvalue weighted by Gasteiger charge is 2.12. The van der Waals surface area contributed by atoms with E-state index in [0.717, 1.165) is 0 Å². The molecule has 0 aromatic heterocycles. The number of rotatable bonds is 6. The lowest BCUT2D eigenvalue weighted by Gasteiger charge is -2.15. The lowest BCUT2D eigenvalue weighted by atomic mass is 10.1. The van der Waals surface area contributed by atoms with Crippen LogP contribution in [0.4, 0.5) is 21.5 Å². The second kappa shape index (κ2) is 9.68. The number of methoxy groups -OCH3 is 1. The molecule has 0 aliphatic carbocycles. The molecule has 0 saturated carbocycles. The largest absolute Gasteiger partial charge is 0.495 e. The molecule has 158 valence electrons. The molecule has 0 aliphatic heterocycles. The maximum absolute atomic E-state index is 13.0. The zero-order chi connectivity index (χ0) is 22.4. The predicted molar refractivity (Wildman–Crippen MR) is 121 cm³/mol. The third-order valence-electron chi connectivity index (χ3n) is 4.18. The quantitative estimate of drug-likeness (QED) is 0.417. The van der Waals surface area contributed by atoms with Crippen LogP contribution in [0, 0.1) is 5.82 Å². The highest BCUT2D eigenvalue weighted by atomic mass is 32.1. The second-order valence-electron chi connectivity index (χ2n) is 6.34. The van der Waals surface area contributed by atoms with Gasteiger partial charge in [-0.1, -0.05) is 6.07 Å². The molecule has 7 nitrogen and oxygen atoms in total. The van der Waals surface area contributed by atoms with Crippen molar-refractivity contribution in [1.29, 1.82) is 0 Å². The van der Waals surface area contributed by atoms with Gasteiger partial charge in [0.05, 0.1) is 18.4 Å². The van der Waals surface area contributed by atoms with E-state index in [1.807, 2.05) is 0 Å². The molecule has 0 unspecified atom stereocenters. The Kier molecular flexibility index (Phi) is 6.78. The van der Waals surface area contributed by atoms with Crippen LogP contribution in [0.15, 0.2) is 66.7 Å². The summed E-state index contributed by atoms with van der Waals surface area (Å²) in [5.41, 5.74) is 1.81. The first-order valence-corrected chi connectivity index (χ1v) is 9.43. The van der Waals surface area contributed by atoms with Crippen molar-refractivity contribution in [3.8, 4) is 5.75 Å². The van der Waals surface area contributed by atoms with E-state index in [0.29, 0.717) is 28.4 Å². The summed E-state index contributed by atoms with van der Waals surface area (Å²) >= 11 is 5.30. The number of carbonyl (C=O) groups excluding carboxylic acids is 1. The van der Waals surface area contributed by atoms with E-state index in [4.69, 9.17) is 22.1 Å². The van der Waals surface area contributed by atoms with Gasteiger partial charge in [0, 0.05) is 16.9 Å². The van der Waals surface area contributed by atoms with Crippen molar-refractivity contribution in [3.63, 3.8) is 0 Å². The number of amides is 1. The molecule has 9 heteroatoms. The topological polar surface area (TPSA) is 99.7 Å². The lowest BCUT2D eigenvalue weighted by Crippen LogP contribution is -2.20. The van der Waals surface area contributed by atoms with Gasteiger partial charge in [-0.05, 0) is 72.9 Å². The molecule has 0 fully saturated rings. The number of aromatic carboxylic acids is 1. The Hall–Kier alpha value is -3.98. The minimum absolute atomic E-state index is 0.116. The van der Waals surface area contributed by atoms with Crippen LogP contribution in [0.3, 0.4) is 0 Å². The van der Waals surface area contributed by atoms with E-state index in [2.05, 4.69) is 16.0 Å². The molecule has 0 heterocycles. The number of ether oxygens (including phenoxy) is 1. The number of carbonyl (C=O) groups is 2. The van der Waals surface area contributed by atoms with Crippen LogP contribution in [0.5, 0.6) is 5.75 Å². The molecular formula is C22H18FN3O4S. The van der Waals surface area contributed by atoms with Gasteiger partial charge < -0.3 is 25.8 Å². The van der Waals surface area contributed by atoms with Gasteiger partial charge in [-0.2, -0.15) is 0 Å². The van der Waals surface area contributed by atoms with Crippen molar-refractivity contribution in [2.75, 3.05) is 23.1 Å². The van der Waals surface area contributed by atoms with Crippen LogP contribution in [0.2, 0.25) is 0 Å². The van der Waals surface area contributed by atoms with E-state index >= 15 is 0 Å². The van der Waals surface area contributed by atoms with Crippen molar-refractivity contribution in [1.82, 2.24) is 0 Å². The minimum Gasteiger partial charge on any atom is -0.495 e. The van der Waals surface area contributed by atoms with Gasteiger partial charge in [0.25, 0.3) is 5.91 Å². The fraction of sp³-hybridized carbons (Fsp3) is 0.0455. The van der Waals surface area contributed by atoms with Crippen LogP contribution in [-0.2, 0) is 0 Å². The average molecular weight is 439 g/mol. The third-order valence-corrected chi connectivity index (χ3v) is 4.38. The van der Waals surface area contributed by atoms with Crippen LogP contribution < -0.4 is 20.7 Å². The number of carboxylic acid groups (broad SMARTS) is 1. The Morgan fingerprint density at radius 2 is 1.65 bits per heavy atom. The minimum atomic E-state index is -1.05. The Bertz CT molecular complexity index is 1140. The Morgan fingerprint density at radius 1 is 0.903 bits per heavy atom. The van der Waals surface area contributed by atoms with E-state index in [9.17, 15) is 14.0 Å². The van der Waals surface area contributed by atoms with Crippen molar-refractivity contribution in [3.05, 3.63) is 83.7 Å². The number of halogens is 1. The fourth-order valence-corrected chi connectivity index (χ4v) is 2.93. The van der Waals surface area contributed by atoms with E-state index in [-0.39, 0.29) is 10.7 Å². The molecule has 1 amide bonds. The summed E-state index contributed by atoms with van der Waals surface area (Å²) in [6.45, 7) is 0. The first kappa shape index (κ1) is 21.7. The summed E-state index contributed by atoms with van der Waals surface area (Å²) in [6.07, 6.45) is 0. The average Bonchev–Trinajstić information content (AvgIpc) is 2.75. The number of benzene rings is 3. The summed E-state index contributed by atoms with van der Waals surface area (Å²) < 4.78 is 18.4. The molecule has 0 aliphatic rings. The van der Waals surface area contributed by atoms with Crippen molar-refractivity contribution < 1.29 is 23.8 Å². The number of carboxylic acids is 1. The molecule has 31 heavy (non-hydrogen) atoms. The smallest absolute Gasteiger partial charge is 0.335 e. The van der Waals surface area contributed by atoms with Crippen LogP contribution >= 0.6 is 12.2 Å². The van der Waals surface area contributed by atoms with Gasteiger partial charge in [0.2, 0.25) is 0 Å². The van der Waals surface area contributed by atoms with Crippen LogP contribution in [0.25, 0.3) is 0 Å². The monoisotopic (exact) mass is 439 g/mol. The number of nitrogens with one attached hydrogen (secondary N) is 3. The Labute approximate surface area is 182 Å². The van der Waals surface area contributed by atoms with Gasteiger partial charge in [0.15, 0.2) is 5.11 Å². The standard InChI is InChI=1S/C22H18FN3O4S/c1-30-19-10-5-13(20(27)24-16-8-6-15(23)7-9-16)12-18(19)26-22(31)25-17-4-2-3-14(11-17)21(28)29/h2-12H,1H3,(H,24,27)(H,28,29)(H2,25,26,31). The van der Waals surface area contributed by atoms with Crippen molar-refractivity contribution in [2.45, 2.75) is 0 Å². The second-order valence-corrected chi connectivity index (χ2v) is 6.75. The molecule has 3 aromatic rings. The summed E-state index contributed by atoms with van der Waals surface area (Å²) in [5.74, 6) is -1.40. The molecule has 0 atom stereocenters. The molecule has 4 N–H and O–H groups in total. The maximum Gasteiger partial charge on any atom is 0.335 e. The summed E-state index contributed by atoms with van der Waals surface area (Å²) in [4.78, 5) is 23.7.